The van der Waals surface area contributed by atoms with Crippen LogP contribution in [0.3, 0.4) is 0 Å². The fourth-order valence-electron chi connectivity index (χ4n) is 1.57. The van der Waals surface area contributed by atoms with Gasteiger partial charge in [-0.05, 0) is 39.1 Å². The van der Waals surface area contributed by atoms with E-state index in [4.69, 9.17) is 5.73 Å². The lowest BCUT2D eigenvalue weighted by Gasteiger charge is -2.12. The van der Waals surface area contributed by atoms with Crippen LogP contribution in [0, 0.1) is 0 Å². The molecule has 112 valence electrons. The molecule has 0 fully saturated rings. The molecule has 0 aromatic heterocycles. The molecule has 1 aromatic carbocycles. The van der Waals surface area contributed by atoms with E-state index in [0.29, 0.717) is 5.69 Å². The molecule has 5 N–H and O–H groups in total. The molecule has 20 heavy (non-hydrogen) atoms. The lowest BCUT2D eigenvalue weighted by Crippen LogP contribution is -2.34. The van der Waals surface area contributed by atoms with Crippen molar-refractivity contribution < 1.29 is 13.2 Å². The first-order valence-electron chi connectivity index (χ1n) is 6.12. The molecule has 0 saturated carbocycles. The summed E-state index contributed by atoms with van der Waals surface area (Å²) in [5.41, 5.74) is 6.41. The fraction of sp³-hybridized carbons (Fsp3) is 0.417. The Morgan fingerprint density at radius 2 is 2.00 bits per heavy atom. The summed E-state index contributed by atoms with van der Waals surface area (Å²) in [5.74, 6) is -0.148. The van der Waals surface area contributed by atoms with Crippen molar-refractivity contribution in [3.8, 4) is 0 Å². The average Bonchev–Trinajstić information content (AvgIpc) is 2.35. The molecule has 0 bridgehead atoms. The largest absolute Gasteiger partial charge is 0.398 e. The highest BCUT2D eigenvalue weighted by Gasteiger charge is 2.15. The Kier molecular flexibility index (Phi) is 5.34. The van der Waals surface area contributed by atoms with Gasteiger partial charge < -0.3 is 16.4 Å². The Labute approximate surface area is 119 Å². The molecule has 0 saturated heterocycles. The minimum absolute atomic E-state index is 0.0113. The standard InChI is InChI=1S/C12H20N4O3S/c1-8(2)16-12(17)7-15-9-4-5-11(10(13)6-9)20(18,19)14-3/h4-6,8,14-15H,7,13H2,1-3H3,(H,16,17). The molecule has 0 atom stereocenters. The second-order valence-corrected chi connectivity index (χ2v) is 6.39. The highest BCUT2D eigenvalue weighted by molar-refractivity contribution is 7.89. The summed E-state index contributed by atoms with van der Waals surface area (Å²) in [6.07, 6.45) is 0. The van der Waals surface area contributed by atoms with Gasteiger partial charge in [0, 0.05) is 11.7 Å². The predicted octanol–water partition coefficient (Wildman–Crippen LogP) is 0.113. The molecule has 8 heteroatoms. The number of hydrogen-bond donors (Lipinski definition) is 4. The van der Waals surface area contributed by atoms with Crippen LogP contribution in [0.5, 0.6) is 0 Å². The van der Waals surface area contributed by atoms with Crippen molar-refractivity contribution in [2.24, 2.45) is 0 Å². The van der Waals surface area contributed by atoms with Gasteiger partial charge in [0.15, 0.2) is 0 Å². The minimum atomic E-state index is -3.57. The molecule has 0 spiro atoms. The number of carbonyl (C=O) groups excluding carboxylic acids is 1. The molecule has 0 aliphatic rings. The number of amides is 1. The molecular formula is C12H20N4O3S. The lowest BCUT2D eigenvalue weighted by molar-refractivity contribution is -0.119. The third kappa shape index (κ3) is 4.39. The van der Waals surface area contributed by atoms with Gasteiger partial charge in [0.1, 0.15) is 4.90 Å². The lowest BCUT2D eigenvalue weighted by atomic mass is 10.3. The highest BCUT2D eigenvalue weighted by atomic mass is 32.2. The molecule has 0 unspecified atom stereocenters. The first kappa shape index (κ1) is 16.3. The number of nitrogens with two attached hydrogens (primary N) is 1. The maximum atomic E-state index is 11.6. The smallest absolute Gasteiger partial charge is 0.242 e. The predicted molar refractivity (Wildman–Crippen MR) is 78.9 cm³/mol. The van der Waals surface area contributed by atoms with Gasteiger partial charge in [0.25, 0.3) is 0 Å². The monoisotopic (exact) mass is 300 g/mol. The van der Waals surface area contributed by atoms with Crippen molar-refractivity contribution in [1.29, 1.82) is 0 Å². The van der Waals surface area contributed by atoms with Gasteiger partial charge in [0.05, 0.1) is 12.2 Å². The number of nitrogen functional groups attached to an aromatic ring is 1. The first-order valence-corrected chi connectivity index (χ1v) is 7.61. The zero-order valence-corrected chi connectivity index (χ0v) is 12.5. The second-order valence-electron chi connectivity index (χ2n) is 4.54. The van der Waals surface area contributed by atoms with E-state index in [9.17, 15) is 13.2 Å². The van der Waals surface area contributed by atoms with E-state index in [1.54, 1.807) is 6.07 Å². The van der Waals surface area contributed by atoms with Crippen LogP contribution in [0.25, 0.3) is 0 Å². The summed E-state index contributed by atoms with van der Waals surface area (Å²) < 4.78 is 25.5. The van der Waals surface area contributed by atoms with E-state index in [0.717, 1.165) is 0 Å². The van der Waals surface area contributed by atoms with E-state index in [-0.39, 0.29) is 29.1 Å². The van der Waals surface area contributed by atoms with Crippen LogP contribution >= 0.6 is 0 Å². The number of rotatable bonds is 6. The van der Waals surface area contributed by atoms with Crippen molar-refractivity contribution in [3.05, 3.63) is 18.2 Å². The summed E-state index contributed by atoms with van der Waals surface area (Å²) in [5, 5.41) is 5.61. The molecule has 0 aliphatic carbocycles. The van der Waals surface area contributed by atoms with Crippen LogP contribution in [-0.4, -0.2) is 34.0 Å². The Balaban J connectivity index is 2.76. The van der Waals surface area contributed by atoms with Crippen LogP contribution in [0.4, 0.5) is 11.4 Å². The number of benzene rings is 1. The minimum Gasteiger partial charge on any atom is -0.398 e. The van der Waals surface area contributed by atoms with Gasteiger partial charge in [0.2, 0.25) is 15.9 Å². The van der Waals surface area contributed by atoms with Crippen molar-refractivity contribution in [2.45, 2.75) is 24.8 Å². The number of nitrogens with one attached hydrogen (secondary N) is 3. The molecule has 1 amide bonds. The molecule has 1 rings (SSSR count). The highest BCUT2D eigenvalue weighted by Crippen LogP contribution is 2.21. The molecule has 0 heterocycles. The van der Waals surface area contributed by atoms with E-state index in [1.807, 2.05) is 13.8 Å². The molecule has 0 radical (unpaired) electrons. The van der Waals surface area contributed by atoms with Crippen LogP contribution in [0.1, 0.15) is 13.8 Å². The maximum absolute atomic E-state index is 11.6. The van der Waals surface area contributed by atoms with Crippen LogP contribution in [0.2, 0.25) is 0 Å². The summed E-state index contributed by atoms with van der Waals surface area (Å²) in [7, 11) is -2.26. The Hall–Kier alpha value is -1.80. The normalized spacial score (nSPS) is 11.4. The number of anilines is 2. The van der Waals surface area contributed by atoms with Crippen molar-refractivity contribution >= 4 is 27.3 Å². The van der Waals surface area contributed by atoms with Crippen LogP contribution in [-0.2, 0) is 14.8 Å². The average molecular weight is 300 g/mol. The van der Waals surface area contributed by atoms with Crippen LogP contribution in [0.15, 0.2) is 23.1 Å². The van der Waals surface area contributed by atoms with E-state index in [2.05, 4.69) is 15.4 Å². The van der Waals surface area contributed by atoms with E-state index < -0.39 is 10.0 Å². The van der Waals surface area contributed by atoms with E-state index in [1.165, 1.54) is 19.2 Å². The quantitative estimate of drug-likeness (QED) is 0.557. The van der Waals surface area contributed by atoms with Gasteiger partial charge in [-0.2, -0.15) is 0 Å². The molecule has 7 nitrogen and oxygen atoms in total. The number of sulfonamides is 1. The molecule has 1 aromatic rings. The van der Waals surface area contributed by atoms with E-state index >= 15 is 0 Å². The van der Waals surface area contributed by atoms with Crippen molar-refractivity contribution in [1.82, 2.24) is 10.0 Å². The topological polar surface area (TPSA) is 113 Å². The second kappa shape index (κ2) is 6.58. The van der Waals surface area contributed by atoms with Gasteiger partial charge in [-0.1, -0.05) is 0 Å². The summed E-state index contributed by atoms with van der Waals surface area (Å²) in [6, 6.07) is 4.50. The maximum Gasteiger partial charge on any atom is 0.242 e. The Bertz CT molecular complexity index is 584. The third-order valence-corrected chi connectivity index (χ3v) is 3.96. The zero-order chi connectivity index (χ0) is 15.3. The van der Waals surface area contributed by atoms with Crippen molar-refractivity contribution in [3.63, 3.8) is 0 Å². The molecule has 0 aliphatic heterocycles. The summed E-state index contributed by atoms with van der Waals surface area (Å²) in [6.45, 7) is 3.83. The SMILES string of the molecule is CNS(=O)(=O)c1ccc(NCC(=O)NC(C)C)cc1N. The van der Waals surface area contributed by atoms with Crippen LogP contribution < -0.4 is 21.1 Å². The Morgan fingerprint density at radius 1 is 1.35 bits per heavy atom. The molecular weight excluding hydrogens is 280 g/mol. The first-order chi connectivity index (χ1) is 9.26. The van der Waals surface area contributed by atoms with Gasteiger partial charge in [-0.3, -0.25) is 4.79 Å². The van der Waals surface area contributed by atoms with Gasteiger partial charge in [-0.25, -0.2) is 13.1 Å². The van der Waals surface area contributed by atoms with Gasteiger partial charge >= 0.3 is 0 Å². The Morgan fingerprint density at radius 3 is 2.50 bits per heavy atom. The summed E-state index contributed by atoms with van der Waals surface area (Å²) >= 11 is 0. The fourth-order valence-corrected chi connectivity index (χ4v) is 2.40. The third-order valence-electron chi connectivity index (χ3n) is 2.47. The van der Waals surface area contributed by atoms with Gasteiger partial charge in [-0.15, -0.1) is 0 Å². The number of carbonyl (C=O) groups is 1. The number of hydrogen-bond acceptors (Lipinski definition) is 5. The zero-order valence-electron chi connectivity index (χ0n) is 11.7. The van der Waals surface area contributed by atoms with Crippen molar-refractivity contribution in [2.75, 3.05) is 24.6 Å². The summed E-state index contributed by atoms with van der Waals surface area (Å²) in [4.78, 5) is 11.5.